The molecule has 0 aliphatic rings. The van der Waals surface area contributed by atoms with E-state index in [-0.39, 0.29) is 33.5 Å². The van der Waals surface area contributed by atoms with Gasteiger partial charge in [-0.2, -0.15) is 5.10 Å². The van der Waals surface area contributed by atoms with Gasteiger partial charge in [0.25, 0.3) is 5.91 Å². The van der Waals surface area contributed by atoms with E-state index in [2.05, 4.69) is 10.4 Å². The number of hydrogen-bond acceptors (Lipinski definition) is 5. The minimum absolute atomic E-state index is 0.0789. The average Bonchev–Trinajstić information content (AvgIpc) is 3.41. The first kappa shape index (κ1) is 19.6. The van der Waals surface area contributed by atoms with Gasteiger partial charge in [-0.15, -0.1) is 0 Å². The second-order valence-electron chi connectivity index (χ2n) is 6.41. The molecule has 2 aromatic carbocycles. The number of benzene rings is 2. The first-order chi connectivity index (χ1) is 14.4. The number of nitrogens with one attached hydrogen (secondary N) is 1. The number of sulfone groups is 1. The van der Waals surface area contributed by atoms with E-state index in [1.807, 2.05) is 0 Å². The molecule has 0 fully saturated rings. The molecule has 7 nitrogen and oxygen atoms in total. The number of anilines is 1. The summed E-state index contributed by atoms with van der Waals surface area (Å²) in [5.74, 6) is -1.51. The van der Waals surface area contributed by atoms with Crippen LogP contribution in [0.2, 0.25) is 0 Å². The van der Waals surface area contributed by atoms with Crippen molar-refractivity contribution in [2.24, 2.45) is 0 Å². The smallest absolute Gasteiger partial charge is 0.291 e. The second-order valence-corrected chi connectivity index (χ2v) is 8.40. The summed E-state index contributed by atoms with van der Waals surface area (Å²) < 4.78 is 45.9. The van der Waals surface area contributed by atoms with Crippen LogP contribution in [-0.2, 0) is 15.6 Å². The number of amides is 1. The molecule has 0 atom stereocenters. The summed E-state index contributed by atoms with van der Waals surface area (Å²) >= 11 is 0. The van der Waals surface area contributed by atoms with Crippen molar-refractivity contribution in [3.05, 3.63) is 96.5 Å². The molecule has 4 aromatic rings. The van der Waals surface area contributed by atoms with E-state index in [1.54, 1.807) is 30.5 Å². The molecule has 1 amide bonds. The fraction of sp³-hybridized carbons (Fsp3) is 0.0476. The summed E-state index contributed by atoms with van der Waals surface area (Å²) in [6.45, 7) is 0. The van der Waals surface area contributed by atoms with Crippen LogP contribution in [0.15, 0.2) is 88.4 Å². The minimum atomic E-state index is -3.60. The zero-order valence-corrected chi connectivity index (χ0v) is 16.3. The Bertz CT molecular complexity index is 1280. The highest BCUT2D eigenvalue weighted by atomic mass is 32.2. The topological polar surface area (TPSA) is 94.2 Å². The molecule has 2 aromatic heterocycles. The molecular weight excluding hydrogens is 409 g/mol. The lowest BCUT2D eigenvalue weighted by Crippen LogP contribution is -2.11. The molecule has 0 saturated carbocycles. The maximum Gasteiger partial charge on any atom is 0.291 e. The Balaban J connectivity index is 1.46. The van der Waals surface area contributed by atoms with Gasteiger partial charge in [0.05, 0.1) is 4.90 Å². The van der Waals surface area contributed by atoms with Crippen LogP contribution in [0.25, 0.3) is 5.69 Å². The number of carbonyl (C=O) groups excluding carboxylic acids is 1. The van der Waals surface area contributed by atoms with Gasteiger partial charge >= 0.3 is 0 Å². The molecule has 0 spiro atoms. The zero-order valence-electron chi connectivity index (χ0n) is 15.5. The van der Waals surface area contributed by atoms with Gasteiger partial charge < -0.3 is 9.73 Å². The summed E-state index contributed by atoms with van der Waals surface area (Å²) in [5.41, 5.74) is 0.465. The Kier molecular flexibility index (Phi) is 5.20. The van der Waals surface area contributed by atoms with Crippen LogP contribution in [0.4, 0.5) is 10.1 Å². The molecule has 0 aliphatic carbocycles. The maximum atomic E-state index is 14.3. The lowest BCUT2D eigenvalue weighted by molar-refractivity contribution is 0.0995. The summed E-state index contributed by atoms with van der Waals surface area (Å²) in [7, 11) is -3.60. The fourth-order valence-electron chi connectivity index (χ4n) is 2.85. The van der Waals surface area contributed by atoms with Gasteiger partial charge in [0.15, 0.2) is 21.4 Å². The van der Waals surface area contributed by atoms with Crippen LogP contribution in [0.5, 0.6) is 0 Å². The van der Waals surface area contributed by atoms with Gasteiger partial charge in [-0.1, -0.05) is 18.2 Å². The van der Waals surface area contributed by atoms with Crippen LogP contribution in [0.1, 0.15) is 16.3 Å². The number of aromatic nitrogens is 2. The van der Waals surface area contributed by atoms with Crippen LogP contribution >= 0.6 is 0 Å². The van der Waals surface area contributed by atoms with Crippen LogP contribution in [0, 0.1) is 5.82 Å². The van der Waals surface area contributed by atoms with E-state index in [1.165, 1.54) is 53.3 Å². The first-order valence-electron chi connectivity index (χ1n) is 8.90. The third-order valence-electron chi connectivity index (χ3n) is 4.28. The van der Waals surface area contributed by atoms with Crippen molar-refractivity contribution in [3.8, 4) is 5.69 Å². The molecule has 152 valence electrons. The van der Waals surface area contributed by atoms with Crippen molar-refractivity contribution in [1.29, 1.82) is 0 Å². The molecule has 0 aliphatic heterocycles. The Morgan fingerprint density at radius 2 is 1.87 bits per heavy atom. The molecule has 0 unspecified atom stereocenters. The Hall–Kier alpha value is -3.72. The number of halogens is 1. The summed E-state index contributed by atoms with van der Waals surface area (Å²) in [5, 5.41) is 6.49. The van der Waals surface area contributed by atoms with Gasteiger partial charge in [-0.25, -0.2) is 17.5 Å². The lowest BCUT2D eigenvalue weighted by Gasteiger charge is -2.07. The summed E-state index contributed by atoms with van der Waals surface area (Å²) in [6.07, 6.45) is 3.13. The van der Waals surface area contributed by atoms with E-state index >= 15 is 0 Å². The minimum Gasteiger partial charge on any atom is -0.455 e. The molecular formula is C21H16FN3O4S. The Morgan fingerprint density at radius 1 is 1.07 bits per heavy atom. The fourth-order valence-corrected chi connectivity index (χ4v) is 4.12. The quantitative estimate of drug-likeness (QED) is 0.507. The number of hydrogen-bond donors (Lipinski definition) is 1. The highest BCUT2D eigenvalue weighted by Gasteiger charge is 2.19. The molecule has 0 saturated heterocycles. The Morgan fingerprint density at radius 3 is 2.57 bits per heavy atom. The Labute approximate surface area is 171 Å². The average molecular weight is 425 g/mol. The predicted molar refractivity (Wildman–Crippen MR) is 108 cm³/mol. The van der Waals surface area contributed by atoms with Crippen LogP contribution < -0.4 is 5.32 Å². The number of rotatable bonds is 6. The molecule has 4 rings (SSSR count). The van der Waals surface area contributed by atoms with Gasteiger partial charge in [-0.3, -0.25) is 4.79 Å². The van der Waals surface area contributed by atoms with E-state index in [4.69, 9.17) is 4.42 Å². The number of furan rings is 1. The third kappa shape index (κ3) is 4.15. The van der Waals surface area contributed by atoms with Gasteiger partial charge in [0.2, 0.25) is 0 Å². The molecule has 30 heavy (non-hydrogen) atoms. The van der Waals surface area contributed by atoms with Crippen molar-refractivity contribution < 1.29 is 22.0 Å². The van der Waals surface area contributed by atoms with Gasteiger partial charge in [0.1, 0.15) is 17.2 Å². The summed E-state index contributed by atoms with van der Waals surface area (Å²) in [6, 6.07) is 16.6. The third-order valence-corrected chi connectivity index (χ3v) is 5.93. The van der Waals surface area contributed by atoms with Crippen LogP contribution in [0.3, 0.4) is 0 Å². The zero-order chi connectivity index (χ0) is 21.1. The van der Waals surface area contributed by atoms with Crippen molar-refractivity contribution in [3.63, 3.8) is 0 Å². The summed E-state index contributed by atoms with van der Waals surface area (Å²) in [4.78, 5) is 12.6. The first-order valence-corrected chi connectivity index (χ1v) is 10.5. The second kappa shape index (κ2) is 7.96. The van der Waals surface area contributed by atoms with Crippen LogP contribution in [-0.4, -0.2) is 24.1 Å². The highest BCUT2D eigenvalue weighted by molar-refractivity contribution is 7.90. The monoisotopic (exact) mass is 425 g/mol. The van der Waals surface area contributed by atoms with Gasteiger partial charge in [0, 0.05) is 18.1 Å². The highest BCUT2D eigenvalue weighted by Crippen LogP contribution is 2.21. The number of carbonyl (C=O) groups is 1. The molecule has 9 heteroatoms. The van der Waals surface area contributed by atoms with Crippen molar-refractivity contribution in [2.75, 3.05) is 5.32 Å². The SMILES string of the molecule is O=C(Nc1ccc(-n2cccn2)c(F)c1)c1ccc(CS(=O)(=O)c2ccccc2)o1. The van der Waals surface area contributed by atoms with E-state index in [0.29, 0.717) is 0 Å². The lowest BCUT2D eigenvalue weighted by atomic mass is 10.2. The maximum absolute atomic E-state index is 14.3. The molecule has 0 bridgehead atoms. The molecule has 2 heterocycles. The normalized spacial score (nSPS) is 11.4. The van der Waals surface area contributed by atoms with E-state index in [9.17, 15) is 17.6 Å². The number of nitrogens with zero attached hydrogens (tertiary/aromatic N) is 2. The van der Waals surface area contributed by atoms with Crippen molar-refractivity contribution in [2.45, 2.75) is 10.6 Å². The largest absolute Gasteiger partial charge is 0.455 e. The van der Waals surface area contributed by atoms with Gasteiger partial charge in [-0.05, 0) is 48.5 Å². The predicted octanol–water partition coefficient (Wildman–Crippen LogP) is 3.83. The van der Waals surface area contributed by atoms with E-state index < -0.39 is 21.6 Å². The van der Waals surface area contributed by atoms with E-state index in [0.717, 1.165) is 0 Å². The molecule has 1 N–H and O–H groups in total. The van der Waals surface area contributed by atoms with Crippen molar-refractivity contribution >= 4 is 21.4 Å². The standard InChI is InChI=1S/C21H16FN3O4S/c22-18-13-15(7-9-19(18)25-12-4-11-23-25)24-21(26)20-10-8-16(29-20)14-30(27,28)17-5-2-1-3-6-17/h1-13H,14H2,(H,24,26). The van der Waals surface area contributed by atoms with Crippen molar-refractivity contribution in [1.82, 2.24) is 9.78 Å². The molecule has 0 radical (unpaired) electrons.